The molecule has 0 heterocycles. The normalized spacial score (nSPS) is 10.3. The molecule has 15 heavy (non-hydrogen) atoms. The minimum Gasteiger partial charge on any atom is -0.207 e. The Kier molecular flexibility index (Phi) is 3.00. The maximum atomic E-state index is 13.5. The second kappa shape index (κ2) is 4.26. The average Bonchev–Trinajstić information content (AvgIpc) is 2.20. The van der Waals surface area contributed by atoms with Crippen molar-refractivity contribution >= 4 is 22.6 Å². The third kappa shape index (κ3) is 2.34. The Labute approximate surface area is 100 Å². The Morgan fingerprint density at radius 2 is 1.53 bits per heavy atom. The molecule has 0 saturated heterocycles. The van der Waals surface area contributed by atoms with Crippen LogP contribution in [0.25, 0.3) is 11.1 Å². The van der Waals surface area contributed by atoms with E-state index in [1.807, 2.05) is 28.7 Å². The van der Waals surface area contributed by atoms with Crippen molar-refractivity contribution in [3.8, 4) is 11.1 Å². The topological polar surface area (TPSA) is 0 Å². The summed E-state index contributed by atoms with van der Waals surface area (Å²) in [4.78, 5) is 0. The molecule has 0 unspecified atom stereocenters. The van der Waals surface area contributed by atoms with Gasteiger partial charge in [0.1, 0.15) is 11.6 Å². The number of halogens is 3. The summed E-state index contributed by atoms with van der Waals surface area (Å²) in [6.07, 6.45) is 0. The maximum Gasteiger partial charge on any atom is 0.132 e. The first-order valence-corrected chi connectivity index (χ1v) is 5.46. The highest BCUT2D eigenvalue weighted by Gasteiger charge is 2.05. The summed E-state index contributed by atoms with van der Waals surface area (Å²) in [5, 5.41) is 0. The van der Waals surface area contributed by atoms with E-state index < -0.39 is 0 Å². The van der Waals surface area contributed by atoms with Crippen LogP contribution < -0.4 is 0 Å². The summed E-state index contributed by atoms with van der Waals surface area (Å²) in [7, 11) is 0. The monoisotopic (exact) mass is 316 g/mol. The van der Waals surface area contributed by atoms with Gasteiger partial charge in [0.2, 0.25) is 0 Å². The van der Waals surface area contributed by atoms with Crippen molar-refractivity contribution in [3.05, 3.63) is 57.7 Å². The van der Waals surface area contributed by atoms with Crippen molar-refractivity contribution in [1.29, 1.82) is 0 Å². The van der Waals surface area contributed by atoms with Crippen LogP contribution in [0.5, 0.6) is 0 Å². The molecule has 0 N–H and O–H groups in total. The van der Waals surface area contributed by atoms with E-state index >= 15 is 0 Å². The van der Waals surface area contributed by atoms with Gasteiger partial charge in [0.15, 0.2) is 0 Å². The molecule has 2 aromatic carbocycles. The van der Waals surface area contributed by atoms with Crippen LogP contribution in [0.4, 0.5) is 8.78 Å². The Bertz CT molecular complexity index is 477. The lowest BCUT2D eigenvalue weighted by molar-refractivity contribution is 0.625. The first kappa shape index (κ1) is 10.5. The van der Waals surface area contributed by atoms with E-state index in [9.17, 15) is 8.78 Å². The van der Waals surface area contributed by atoms with Gasteiger partial charge in [-0.2, -0.15) is 0 Å². The molecular weight excluding hydrogens is 309 g/mol. The average molecular weight is 316 g/mol. The fourth-order valence-electron chi connectivity index (χ4n) is 1.35. The molecule has 2 aromatic rings. The van der Waals surface area contributed by atoms with Crippen LogP contribution in [0.2, 0.25) is 0 Å². The van der Waals surface area contributed by atoms with E-state index in [1.165, 1.54) is 18.2 Å². The van der Waals surface area contributed by atoms with Gasteiger partial charge in [-0.25, -0.2) is 8.78 Å². The van der Waals surface area contributed by atoms with Gasteiger partial charge in [0.25, 0.3) is 0 Å². The molecule has 3 heteroatoms. The molecule has 0 spiro atoms. The predicted octanol–water partition coefficient (Wildman–Crippen LogP) is 4.24. The van der Waals surface area contributed by atoms with Crippen molar-refractivity contribution < 1.29 is 8.78 Å². The van der Waals surface area contributed by atoms with Gasteiger partial charge in [0.05, 0.1) is 0 Å². The minimum absolute atomic E-state index is 0.284. The van der Waals surface area contributed by atoms with Crippen molar-refractivity contribution in [1.82, 2.24) is 0 Å². The molecule has 0 atom stereocenters. The molecule has 0 aliphatic heterocycles. The molecule has 2 rings (SSSR count). The number of rotatable bonds is 1. The summed E-state index contributed by atoms with van der Waals surface area (Å²) < 4.78 is 27.1. The van der Waals surface area contributed by atoms with Crippen LogP contribution in [0, 0.1) is 15.2 Å². The molecule has 0 aliphatic rings. The maximum absolute atomic E-state index is 13.5. The first-order chi connectivity index (χ1) is 7.16. The van der Waals surface area contributed by atoms with Gasteiger partial charge >= 0.3 is 0 Å². The molecular formula is C12H7F2I. The molecule has 0 aromatic heterocycles. The third-order valence-corrected chi connectivity index (χ3v) is 2.76. The van der Waals surface area contributed by atoms with Crippen molar-refractivity contribution in [2.75, 3.05) is 0 Å². The van der Waals surface area contributed by atoms with Crippen LogP contribution in [-0.4, -0.2) is 0 Å². The quantitative estimate of drug-likeness (QED) is 0.691. The van der Waals surface area contributed by atoms with E-state index in [-0.39, 0.29) is 11.6 Å². The molecule has 0 fully saturated rings. The number of benzene rings is 2. The van der Waals surface area contributed by atoms with Crippen LogP contribution >= 0.6 is 22.6 Å². The smallest absolute Gasteiger partial charge is 0.132 e. The van der Waals surface area contributed by atoms with Gasteiger partial charge in [0, 0.05) is 9.13 Å². The standard InChI is InChI=1S/C12H7F2I/c13-9-3-1-8(2-4-9)11-6-5-10(15)7-12(11)14/h1-7H. The van der Waals surface area contributed by atoms with Crippen molar-refractivity contribution in [2.45, 2.75) is 0 Å². The zero-order valence-corrected chi connectivity index (χ0v) is 9.83. The Morgan fingerprint density at radius 1 is 0.867 bits per heavy atom. The van der Waals surface area contributed by atoms with Crippen LogP contribution in [-0.2, 0) is 0 Å². The highest BCUT2D eigenvalue weighted by molar-refractivity contribution is 14.1. The molecule has 0 amide bonds. The lowest BCUT2D eigenvalue weighted by Crippen LogP contribution is -1.85. The highest BCUT2D eigenvalue weighted by atomic mass is 127. The second-order valence-corrected chi connectivity index (χ2v) is 4.38. The molecule has 0 saturated carbocycles. The lowest BCUT2D eigenvalue weighted by atomic mass is 10.1. The Hall–Kier alpha value is -0.970. The van der Waals surface area contributed by atoms with E-state index in [0.717, 1.165) is 3.57 Å². The summed E-state index contributed by atoms with van der Waals surface area (Å²) in [5.74, 6) is -0.599. The summed E-state index contributed by atoms with van der Waals surface area (Å²) in [6, 6.07) is 10.8. The van der Waals surface area contributed by atoms with E-state index in [1.54, 1.807) is 18.2 Å². The molecule has 0 radical (unpaired) electrons. The van der Waals surface area contributed by atoms with E-state index in [0.29, 0.717) is 11.1 Å². The van der Waals surface area contributed by atoms with Crippen molar-refractivity contribution in [3.63, 3.8) is 0 Å². The lowest BCUT2D eigenvalue weighted by Gasteiger charge is -2.03. The zero-order chi connectivity index (χ0) is 10.8. The van der Waals surface area contributed by atoms with Gasteiger partial charge in [-0.05, 0) is 52.4 Å². The summed E-state index contributed by atoms with van der Waals surface area (Å²) in [6.45, 7) is 0. The molecule has 0 bridgehead atoms. The predicted molar refractivity (Wildman–Crippen MR) is 64.5 cm³/mol. The van der Waals surface area contributed by atoms with Crippen LogP contribution in [0.15, 0.2) is 42.5 Å². The fourth-order valence-corrected chi connectivity index (χ4v) is 1.81. The third-order valence-electron chi connectivity index (χ3n) is 2.09. The SMILES string of the molecule is Fc1ccc(-c2ccc(I)cc2F)cc1. The number of hydrogen-bond acceptors (Lipinski definition) is 0. The Morgan fingerprint density at radius 3 is 2.13 bits per heavy atom. The van der Waals surface area contributed by atoms with Crippen LogP contribution in [0.3, 0.4) is 0 Å². The molecule has 76 valence electrons. The van der Waals surface area contributed by atoms with Gasteiger partial charge in [-0.3, -0.25) is 0 Å². The molecule has 0 aliphatic carbocycles. The zero-order valence-electron chi connectivity index (χ0n) is 7.68. The van der Waals surface area contributed by atoms with Crippen LogP contribution in [0.1, 0.15) is 0 Å². The van der Waals surface area contributed by atoms with Gasteiger partial charge in [-0.1, -0.05) is 18.2 Å². The van der Waals surface area contributed by atoms with E-state index in [4.69, 9.17) is 0 Å². The number of hydrogen-bond donors (Lipinski definition) is 0. The minimum atomic E-state index is -0.315. The second-order valence-electron chi connectivity index (χ2n) is 3.13. The van der Waals surface area contributed by atoms with Crippen molar-refractivity contribution in [2.24, 2.45) is 0 Å². The van der Waals surface area contributed by atoms with E-state index in [2.05, 4.69) is 0 Å². The summed E-state index contributed by atoms with van der Waals surface area (Å²) >= 11 is 2.05. The largest absolute Gasteiger partial charge is 0.207 e. The first-order valence-electron chi connectivity index (χ1n) is 4.38. The fraction of sp³-hybridized carbons (Fsp3) is 0. The summed E-state index contributed by atoms with van der Waals surface area (Å²) in [5.41, 5.74) is 1.18. The van der Waals surface area contributed by atoms with Gasteiger partial charge in [-0.15, -0.1) is 0 Å². The van der Waals surface area contributed by atoms with Gasteiger partial charge < -0.3 is 0 Å². The Balaban J connectivity index is 2.49. The molecule has 0 nitrogen and oxygen atoms in total. The highest BCUT2D eigenvalue weighted by Crippen LogP contribution is 2.24.